The number of aliphatic hydroxyl groups excluding tert-OH is 1. The predicted octanol–water partition coefficient (Wildman–Crippen LogP) is 2.32. The number of rotatable bonds is 8. The largest absolute Gasteiger partial charge is 0.394 e. The third-order valence-corrected chi connectivity index (χ3v) is 7.94. The zero-order valence-electron chi connectivity index (χ0n) is 20.7. The molecule has 8 heteroatoms. The van der Waals surface area contributed by atoms with Crippen LogP contribution in [0.5, 0.6) is 0 Å². The molecule has 34 heavy (non-hydrogen) atoms. The van der Waals surface area contributed by atoms with E-state index in [-0.39, 0.29) is 36.3 Å². The van der Waals surface area contributed by atoms with Crippen molar-refractivity contribution in [3.8, 4) is 0 Å². The van der Waals surface area contributed by atoms with Gasteiger partial charge in [0.05, 0.1) is 30.1 Å². The van der Waals surface area contributed by atoms with E-state index < -0.39 is 35.1 Å². The van der Waals surface area contributed by atoms with E-state index in [4.69, 9.17) is 4.74 Å². The van der Waals surface area contributed by atoms with Gasteiger partial charge < -0.3 is 25.4 Å². The van der Waals surface area contributed by atoms with Crippen LogP contribution in [0, 0.1) is 17.8 Å². The molecule has 3 aliphatic rings. The Morgan fingerprint density at radius 2 is 1.82 bits per heavy atom. The number of hydrogen-bond donors (Lipinski definition) is 3. The van der Waals surface area contributed by atoms with Crippen molar-refractivity contribution in [1.29, 1.82) is 0 Å². The lowest BCUT2D eigenvalue weighted by Crippen LogP contribution is -2.59. The quantitative estimate of drug-likeness (QED) is 0.539. The van der Waals surface area contributed by atoms with Gasteiger partial charge in [0.2, 0.25) is 17.7 Å². The van der Waals surface area contributed by atoms with Crippen LogP contribution in [0.2, 0.25) is 0 Å². The molecule has 0 radical (unpaired) electrons. The van der Waals surface area contributed by atoms with Crippen molar-refractivity contribution in [3.05, 3.63) is 30.3 Å². The summed E-state index contributed by atoms with van der Waals surface area (Å²) in [7, 11) is 0. The fraction of sp³-hybridized carbons (Fsp3) is 0.654. The van der Waals surface area contributed by atoms with Crippen molar-refractivity contribution in [2.24, 2.45) is 17.8 Å². The third kappa shape index (κ3) is 3.62. The number of benzene rings is 1. The van der Waals surface area contributed by atoms with Crippen molar-refractivity contribution < 1.29 is 24.2 Å². The molecule has 4 rings (SSSR count). The van der Waals surface area contributed by atoms with Gasteiger partial charge in [0.25, 0.3) is 0 Å². The Labute approximate surface area is 201 Å². The zero-order valence-corrected chi connectivity index (χ0v) is 20.7. The van der Waals surface area contributed by atoms with Crippen molar-refractivity contribution in [2.45, 2.75) is 83.2 Å². The first kappa shape index (κ1) is 24.7. The molecule has 3 amide bonds. The first-order valence-corrected chi connectivity index (χ1v) is 12.4. The maximum absolute atomic E-state index is 14.1. The number of hydrogen-bond acceptors (Lipinski definition) is 5. The number of para-hydroxylation sites is 1. The van der Waals surface area contributed by atoms with Gasteiger partial charge in [-0.05, 0) is 51.2 Å². The Balaban J connectivity index is 1.79. The van der Waals surface area contributed by atoms with Crippen LogP contribution in [0.3, 0.4) is 0 Å². The number of aliphatic hydroxyl groups is 1. The Hall–Kier alpha value is -2.45. The zero-order chi connectivity index (χ0) is 24.8. The minimum atomic E-state index is -1.09. The molecule has 1 spiro atoms. The van der Waals surface area contributed by atoms with Crippen molar-refractivity contribution >= 4 is 23.4 Å². The maximum Gasteiger partial charge on any atom is 0.246 e. The summed E-state index contributed by atoms with van der Waals surface area (Å²) >= 11 is 0. The van der Waals surface area contributed by atoms with Gasteiger partial charge in [0.1, 0.15) is 11.6 Å². The molecular weight excluding hydrogens is 434 g/mol. The van der Waals surface area contributed by atoms with Gasteiger partial charge in [-0.2, -0.15) is 0 Å². The highest BCUT2D eigenvalue weighted by atomic mass is 16.5. The fourth-order valence-corrected chi connectivity index (χ4v) is 6.44. The molecule has 0 aromatic heterocycles. The number of nitrogens with one attached hydrogen (secondary N) is 2. The second kappa shape index (κ2) is 8.96. The summed E-state index contributed by atoms with van der Waals surface area (Å²) in [5.41, 5.74) is -1.23. The Morgan fingerprint density at radius 1 is 1.15 bits per heavy atom. The van der Waals surface area contributed by atoms with Gasteiger partial charge in [-0.15, -0.1) is 0 Å². The predicted molar refractivity (Wildman–Crippen MR) is 128 cm³/mol. The molecule has 186 valence electrons. The van der Waals surface area contributed by atoms with E-state index in [1.165, 1.54) is 4.90 Å². The van der Waals surface area contributed by atoms with Crippen molar-refractivity contribution in [3.63, 3.8) is 0 Å². The van der Waals surface area contributed by atoms with Crippen LogP contribution in [0.1, 0.15) is 53.9 Å². The number of nitrogens with zero attached hydrogens (tertiary/aromatic N) is 1. The average Bonchev–Trinajstić information content (AvgIpc) is 3.38. The van der Waals surface area contributed by atoms with Crippen LogP contribution in [0.4, 0.5) is 5.69 Å². The summed E-state index contributed by atoms with van der Waals surface area (Å²) in [6.45, 7) is 9.29. The number of anilines is 1. The van der Waals surface area contributed by atoms with Gasteiger partial charge in [0, 0.05) is 11.7 Å². The maximum atomic E-state index is 14.1. The van der Waals surface area contributed by atoms with Crippen molar-refractivity contribution in [2.75, 3.05) is 11.9 Å². The normalized spacial score (nSPS) is 32.9. The molecule has 3 fully saturated rings. The van der Waals surface area contributed by atoms with Gasteiger partial charge >= 0.3 is 0 Å². The van der Waals surface area contributed by atoms with Crippen LogP contribution >= 0.6 is 0 Å². The summed E-state index contributed by atoms with van der Waals surface area (Å²) < 4.78 is 6.72. The molecule has 0 saturated carbocycles. The van der Waals surface area contributed by atoms with E-state index in [0.717, 1.165) is 0 Å². The van der Waals surface area contributed by atoms with Gasteiger partial charge in [-0.25, -0.2) is 0 Å². The SMILES string of the molecule is CC[C@]12CCC3(O1)C(C(=O)NC(C)C)N([C@@H](CO)C(C)C)C(=O)[C@@H]3[C@H]2C(=O)Nc1ccccc1. The number of carbonyl (C=O) groups excluding carboxylic acids is 3. The first-order chi connectivity index (χ1) is 16.1. The standard InChI is InChI=1S/C26H37N3O5/c1-6-25-12-13-26(34-25)20(19(25)22(31)28-17-10-8-7-9-11-17)24(33)29(18(14-30)15(2)3)21(26)23(32)27-16(4)5/h7-11,15-16,18-21,30H,6,12-14H2,1-5H3,(H,27,32)(H,28,31)/t18-,19-,20-,21?,25+,26?/m0/s1. The van der Waals surface area contributed by atoms with Gasteiger partial charge in [0.15, 0.2) is 0 Å². The average molecular weight is 472 g/mol. The summed E-state index contributed by atoms with van der Waals surface area (Å²) in [6, 6.07) is 7.60. The van der Waals surface area contributed by atoms with E-state index in [2.05, 4.69) is 10.6 Å². The fourth-order valence-electron chi connectivity index (χ4n) is 6.44. The monoisotopic (exact) mass is 471 g/mol. The summed E-state index contributed by atoms with van der Waals surface area (Å²) in [5.74, 6) is -2.40. The minimum absolute atomic E-state index is 0.0764. The van der Waals surface area contributed by atoms with E-state index >= 15 is 0 Å². The van der Waals surface area contributed by atoms with Crippen LogP contribution < -0.4 is 10.6 Å². The number of amides is 3. The molecule has 3 N–H and O–H groups in total. The van der Waals surface area contributed by atoms with Crippen molar-refractivity contribution in [1.82, 2.24) is 10.2 Å². The summed E-state index contributed by atoms with van der Waals surface area (Å²) in [4.78, 5) is 42.9. The highest BCUT2D eigenvalue weighted by molar-refractivity contribution is 6.02. The molecule has 3 saturated heterocycles. The molecule has 1 aromatic carbocycles. The summed E-state index contributed by atoms with van der Waals surface area (Å²) in [6.07, 6.45) is 1.69. The second-order valence-corrected chi connectivity index (χ2v) is 10.6. The summed E-state index contributed by atoms with van der Waals surface area (Å²) in [5, 5.41) is 16.1. The highest BCUT2D eigenvalue weighted by Gasteiger charge is 2.79. The van der Waals surface area contributed by atoms with E-state index in [1.54, 1.807) is 0 Å². The highest BCUT2D eigenvalue weighted by Crippen LogP contribution is 2.64. The van der Waals surface area contributed by atoms with Crippen LogP contribution in [0.15, 0.2) is 30.3 Å². The van der Waals surface area contributed by atoms with Crippen LogP contribution in [-0.4, -0.2) is 63.7 Å². The Bertz CT molecular complexity index is 951. The molecular formula is C26H37N3O5. The molecule has 1 aromatic rings. The molecule has 0 aliphatic carbocycles. The molecule has 6 atom stereocenters. The van der Waals surface area contributed by atoms with E-state index in [0.29, 0.717) is 24.9 Å². The number of likely N-dealkylation sites (tertiary alicyclic amines) is 1. The molecule has 2 bridgehead atoms. The van der Waals surface area contributed by atoms with Crippen LogP contribution in [-0.2, 0) is 19.1 Å². The second-order valence-electron chi connectivity index (χ2n) is 10.6. The Kier molecular flexibility index (Phi) is 6.50. The van der Waals surface area contributed by atoms with E-state index in [1.807, 2.05) is 65.0 Å². The molecule has 3 heterocycles. The number of carbonyl (C=O) groups is 3. The van der Waals surface area contributed by atoms with E-state index in [9.17, 15) is 19.5 Å². The lowest BCUT2D eigenvalue weighted by molar-refractivity contribution is -0.151. The van der Waals surface area contributed by atoms with Crippen LogP contribution in [0.25, 0.3) is 0 Å². The van der Waals surface area contributed by atoms with Gasteiger partial charge in [-0.3, -0.25) is 14.4 Å². The lowest BCUT2D eigenvalue weighted by atomic mass is 9.65. The van der Waals surface area contributed by atoms with Gasteiger partial charge in [-0.1, -0.05) is 39.0 Å². The molecule has 3 aliphatic heterocycles. The molecule has 8 nitrogen and oxygen atoms in total. The lowest BCUT2D eigenvalue weighted by Gasteiger charge is -2.39. The Morgan fingerprint density at radius 3 is 2.38 bits per heavy atom. The topological polar surface area (TPSA) is 108 Å². The number of fused-ring (bicyclic) bond motifs is 1. The molecule has 2 unspecified atom stereocenters. The first-order valence-electron chi connectivity index (χ1n) is 12.4. The minimum Gasteiger partial charge on any atom is -0.394 e. The number of ether oxygens (including phenoxy) is 1. The third-order valence-electron chi connectivity index (χ3n) is 7.94. The smallest absolute Gasteiger partial charge is 0.246 e.